The minimum atomic E-state index is -1.02. The molecule has 31 heavy (non-hydrogen) atoms. The fourth-order valence-corrected chi connectivity index (χ4v) is 2.58. The molecule has 0 aliphatic heterocycles. The molecule has 1 atom stereocenters. The summed E-state index contributed by atoms with van der Waals surface area (Å²) in [6, 6.07) is 7.54. The normalized spacial score (nSPS) is 13.5. The molecule has 1 unspecified atom stereocenters. The highest BCUT2D eigenvalue weighted by molar-refractivity contribution is 5.69. The molecule has 0 spiro atoms. The van der Waals surface area contributed by atoms with Crippen LogP contribution >= 0.6 is 0 Å². The quantitative estimate of drug-likeness (QED) is 0.168. The second-order valence-corrected chi connectivity index (χ2v) is 6.84. The third-order valence-electron chi connectivity index (χ3n) is 4.03. The van der Waals surface area contributed by atoms with E-state index >= 15 is 0 Å². The van der Waals surface area contributed by atoms with E-state index in [1.807, 2.05) is 74.6 Å². The Morgan fingerprint density at radius 3 is 2.77 bits per heavy atom. The van der Waals surface area contributed by atoms with Crippen LogP contribution in [0.4, 0.5) is 5.69 Å². The van der Waals surface area contributed by atoms with Gasteiger partial charge in [-0.25, -0.2) is 5.01 Å². The largest absolute Gasteiger partial charge is 0.489 e. The SMILES string of the molecule is C=CC/C=C(\C=C/C)COc1cccc(N(CC(C)/C=C\C=C/C)N=NCC(=O)O)c1. The maximum Gasteiger partial charge on any atom is 0.327 e. The first-order valence-corrected chi connectivity index (χ1v) is 10.3. The standard InChI is InChI=1S/C25H33N3O3/c1-5-8-10-13-21(4)19-28(27-26-18-25(29)30)23-15-11-16-24(17-23)31-20-22(12-7-3)14-9-6-2/h5-8,10-17,21H,2,9,18-20H2,1,3-4H3,(H,29,30)/b8-5-,12-7-,13-10-,22-14+,27-26?. The molecule has 0 aliphatic carbocycles. The lowest BCUT2D eigenvalue weighted by molar-refractivity contribution is -0.135. The molecule has 1 aromatic carbocycles. The van der Waals surface area contributed by atoms with Crippen molar-refractivity contribution in [2.24, 2.45) is 16.3 Å². The number of nitrogens with zero attached hydrogens (tertiary/aromatic N) is 3. The lowest BCUT2D eigenvalue weighted by atomic mass is 10.1. The number of allylic oxidation sites excluding steroid dienone is 6. The van der Waals surface area contributed by atoms with Crippen LogP contribution in [0.5, 0.6) is 5.75 Å². The number of hydrogen-bond acceptors (Lipinski definition) is 4. The summed E-state index contributed by atoms with van der Waals surface area (Å²) in [5.74, 6) is -0.153. The number of aliphatic carboxylic acids is 1. The molecule has 6 heteroatoms. The lowest BCUT2D eigenvalue weighted by Crippen LogP contribution is -2.22. The average molecular weight is 424 g/mol. The van der Waals surface area contributed by atoms with E-state index in [-0.39, 0.29) is 12.5 Å². The predicted octanol–water partition coefficient (Wildman–Crippen LogP) is 6.17. The van der Waals surface area contributed by atoms with Gasteiger partial charge in [-0.15, -0.1) is 6.58 Å². The van der Waals surface area contributed by atoms with Crippen molar-refractivity contribution in [1.29, 1.82) is 0 Å². The Balaban J connectivity index is 3.00. The van der Waals surface area contributed by atoms with Gasteiger partial charge in [0.25, 0.3) is 0 Å². The number of carboxylic acid groups (broad SMARTS) is 1. The maximum absolute atomic E-state index is 10.8. The molecule has 1 N–H and O–H groups in total. The van der Waals surface area contributed by atoms with Gasteiger partial charge in [0, 0.05) is 12.6 Å². The predicted molar refractivity (Wildman–Crippen MR) is 127 cm³/mol. The van der Waals surface area contributed by atoms with Gasteiger partial charge in [0.2, 0.25) is 0 Å². The minimum Gasteiger partial charge on any atom is -0.489 e. The lowest BCUT2D eigenvalue weighted by Gasteiger charge is -2.21. The number of anilines is 1. The van der Waals surface area contributed by atoms with Crippen molar-refractivity contribution in [3.63, 3.8) is 0 Å². The van der Waals surface area contributed by atoms with Gasteiger partial charge in [0.15, 0.2) is 6.54 Å². The molecular formula is C25H33N3O3. The second kappa shape index (κ2) is 15.4. The number of ether oxygens (including phenoxy) is 1. The van der Waals surface area contributed by atoms with E-state index in [9.17, 15) is 4.79 Å². The molecule has 0 saturated heterocycles. The molecule has 0 radical (unpaired) electrons. The molecular weight excluding hydrogens is 390 g/mol. The molecule has 0 aromatic heterocycles. The summed E-state index contributed by atoms with van der Waals surface area (Å²) in [6.07, 6.45) is 16.6. The van der Waals surface area contributed by atoms with E-state index in [4.69, 9.17) is 9.84 Å². The number of benzene rings is 1. The third-order valence-corrected chi connectivity index (χ3v) is 4.03. The molecule has 1 aromatic rings. The smallest absolute Gasteiger partial charge is 0.327 e. The molecule has 6 nitrogen and oxygen atoms in total. The molecule has 0 aliphatic rings. The summed E-state index contributed by atoms with van der Waals surface area (Å²) in [5, 5.41) is 18.5. The zero-order valence-corrected chi connectivity index (χ0v) is 18.6. The molecule has 0 fully saturated rings. The van der Waals surface area contributed by atoms with Crippen molar-refractivity contribution in [3.8, 4) is 5.75 Å². The molecule has 0 bridgehead atoms. The molecule has 1 rings (SSSR count). The fourth-order valence-electron chi connectivity index (χ4n) is 2.58. The number of carboxylic acids is 1. The molecule has 0 heterocycles. The zero-order valence-electron chi connectivity index (χ0n) is 18.6. The van der Waals surface area contributed by atoms with Crippen molar-refractivity contribution < 1.29 is 14.6 Å². The molecule has 166 valence electrons. The molecule has 0 saturated carbocycles. The fraction of sp³-hybridized carbons (Fsp3) is 0.320. The van der Waals surface area contributed by atoms with Crippen LogP contribution in [0.1, 0.15) is 27.2 Å². The first kappa shape index (κ1) is 25.6. The second-order valence-electron chi connectivity index (χ2n) is 6.84. The highest BCUT2D eigenvalue weighted by Crippen LogP contribution is 2.23. The maximum atomic E-state index is 10.8. The van der Waals surface area contributed by atoms with Crippen molar-refractivity contribution in [1.82, 2.24) is 0 Å². The van der Waals surface area contributed by atoms with Crippen LogP contribution in [0.3, 0.4) is 0 Å². The van der Waals surface area contributed by atoms with Gasteiger partial charge in [-0.3, -0.25) is 4.79 Å². The highest BCUT2D eigenvalue weighted by atomic mass is 16.5. The summed E-state index contributed by atoms with van der Waals surface area (Å²) < 4.78 is 5.97. The summed E-state index contributed by atoms with van der Waals surface area (Å²) in [5.41, 5.74) is 1.84. The van der Waals surface area contributed by atoms with Crippen LogP contribution < -0.4 is 9.75 Å². The van der Waals surface area contributed by atoms with Gasteiger partial charge in [-0.1, -0.05) is 66.8 Å². The van der Waals surface area contributed by atoms with E-state index in [1.165, 1.54) is 0 Å². The van der Waals surface area contributed by atoms with Gasteiger partial charge < -0.3 is 9.84 Å². The number of rotatable bonds is 14. The Kier molecular flexibility index (Phi) is 12.8. The Morgan fingerprint density at radius 2 is 2.10 bits per heavy atom. The van der Waals surface area contributed by atoms with E-state index < -0.39 is 5.97 Å². The Morgan fingerprint density at radius 1 is 1.29 bits per heavy atom. The summed E-state index contributed by atoms with van der Waals surface area (Å²) >= 11 is 0. The van der Waals surface area contributed by atoms with E-state index in [2.05, 4.69) is 36.0 Å². The highest BCUT2D eigenvalue weighted by Gasteiger charge is 2.11. The van der Waals surface area contributed by atoms with Gasteiger partial charge in [-0.05, 0) is 43.9 Å². The zero-order chi connectivity index (χ0) is 22.9. The van der Waals surface area contributed by atoms with Crippen LogP contribution in [-0.4, -0.2) is 30.8 Å². The summed E-state index contributed by atoms with van der Waals surface area (Å²) in [4.78, 5) is 10.8. The average Bonchev–Trinajstić information content (AvgIpc) is 2.75. The van der Waals surface area contributed by atoms with E-state index in [0.717, 1.165) is 17.7 Å². The van der Waals surface area contributed by atoms with Crippen molar-refractivity contribution in [2.45, 2.75) is 27.2 Å². The van der Waals surface area contributed by atoms with Gasteiger partial charge >= 0.3 is 5.97 Å². The van der Waals surface area contributed by atoms with E-state index in [0.29, 0.717) is 18.9 Å². The van der Waals surface area contributed by atoms with Gasteiger partial charge in [-0.2, -0.15) is 5.11 Å². The first-order valence-electron chi connectivity index (χ1n) is 10.3. The van der Waals surface area contributed by atoms with Crippen molar-refractivity contribution in [3.05, 3.63) is 85.0 Å². The van der Waals surface area contributed by atoms with Crippen LogP contribution in [0.2, 0.25) is 0 Å². The van der Waals surface area contributed by atoms with Crippen LogP contribution in [0.25, 0.3) is 0 Å². The van der Waals surface area contributed by atoms with Crippen molar-refractivity contribution >= 4 is 11.7 Å². The Hall–Kier alpha value is -3.41. The van der Waals surface area contributed by atoms with Crippen LogP contribution in [0.15, 0.2) is 95.4 Å². The summed E-state index contributed by atoms with van der Waals surface area (Å²) in [6.45, 7) is 10.3. The number of hydrogen-bond donors (Lipinski definition) is 1. The van der Waals surface area contributed by atoms with E-state index in [1.54, 1.807) is 5.01 Å². The molecule has 0 amide bonds. The Labute approximate surface area is 185 Å². The van der Waals surface area contributed by atoms with Crippen LogP contribution in [0, 0.1) is 5.92 Å². The first-order chi connectivity index (χ1) is 15.0. The minimum absolute atomic E-state index is 0.174. The number of carbonyl (C=O) groups is 1. The monoisotopic (exact) mass is 423 g/mol. The Bertz CT molecular complexity index is 838. The van der Waals surface area contributed by atoms with Gasteiger partial charge in [0.1, 0.15) is 12.4 Å². The van der Waals surface area contributed by atoms with Gasteiger partial charge in [0.05, 0.1) is 5.69 Å². The van der Waals surface area contributed by atoms with Crippen molar-refractivity contribution in [2.75, 3.05) is 24.7 Å². The topological polar surface area (TPSA) is 74.5 Å². The third kappa shape index (κ3) is 11.4. The van der Waals surface area contributed by atoms with Crippen LogP contribution in [-0.2, 0) is 4.79 Å². The summed E-state index contributed by atoms with van der Waals surface area (Å²) in [7, 11) is 0.